The van der Waals surface area contributed by atoms with E-state index in [2.05, 4.69) is 21.8 Å². The summed E-state index contributed by atoms with van der Waals surface area (Å²) in [6, 6.07) is 0.389. The SMILES string of the molecule is COC(=O)c1cnc(C)nc1N1CCCCCC1C. The van der Waals surface area contributed by atoms with Crippen molar-refractivity contribution in [2.45, 2.75) is 45.6 Å². The second-order valence-electron chi connectivity index (χ2n) is 5.04. The van der Waals surface area contributed by atoms with Crippen LogP contribution in [0.25, 0.3) is 0 Å². The summed E-state index contributed by atoms with van der Waals surface area (Å²) in [5, 5.41) is 0. The topological polar surface area (TPSA) is 55.3 Å². The minimum absolute atomic E-state index is 0.369. The van der Waals surface area contributed by atoms with Crippen molar-refractivity contribution in [2.24, 2.45) is 0 Å². The van der Waals surface area contributed by atoms with E-state index in [-0.39, 0.29) is 5.97 Å². The lowest BCUT2D eigenvalue weighted by Crippen LogP contribution is -2.35. The molecular formula is C14H21N3O2. The first-order valence-electron chi connectivity index (χ1n) is 6.82. The number of carbonyl (C=O) groups excluding carboxylic acids is 1. The second-order valence-corrected chi connectivity index (χ2v) is 5.04. The average Bonchev–Trinajstić information content (AvgIpc) is 2.62. The molecule has 0 N–H and O–H groups in total. The summed E-state index contributed by atoms with van der Waals surface area (Å²) in [7, 11) is 1.39. The summed E-state index contributed by atoms with van der Waals surface area (Å²) < 4.78 is 4.83. The summed E-state index contributed by atoms with van der Waals surface area (Å²) in [5.41, 5.74) is 0.460. The van der Waals surface area contributed by atoms with Gasteiger partial charge in [-0.2, -0.15) is 0 Å². The van der Waals surface area contributed by atoms with Crippen LogP contribution in [-0.2, 0) is 4.74 Å². The van der Waals surface area contributed by atoms with Crippen LogP contribution in [0.5, 0.6) is 0 Å². The lowest BCUT2D eigenvalue weighted by molar-refractivity contribution is 0.0600. The van der Waals surface area contributed by atoms with E-state index in [1.165, 1.54) is 20.0 Å². The molecule has 0 bridgehead atoms. The number of aryl methyl sites for hydroxylation is 1. The number of aromatic nitrogens is 2. The maximum atomic E-state index is 11.9. The van der Waals surface area contributed by atoms with Crippen molar-refractivity contribution in [1.82, 2.24) is 9.97 Å². The van der Waals surface area contributed by atoms with E-state index in [1.54, 1.807) is 6.20 Å². The number of nitrogens with zero attached hydrogens (tertiary/aromatic N) is 3. The quantitative estimate of drug-likeness (QED) is 0.767. The molecule has 5 heteroatoms. The molecule has 0 amide bonds. The normalized spacial score (nSPS) is 19.9. The highest BCUT2D eigenvalue weighted by molar-refractivity contribution is 5.94. The second kappa shape index (κ2) is 5.99. The number of ether oxygens (including phenoxy) is 1. The molecule has 1 atom stereocenters. The van der Waals surface area contributed by atoms with E-state index in [4.69, 9.17) is 4.74 Å². The van der Waals surface area contributed by atoms with Crippen LogP contribution in [-0.4, -0.2) is 35.6 Å². The van der Waals surface area contributed by atoms with E-state index >= 15 is 0 Å². The number of methoxy groups -OCH3 is 1. The van der Waals surface area contributed by atoms with Gasteiger partial charge < -0.3 is 9.64 Å². The van der Waals surface area contributed by atoms with Gasteiger partial charge in [0.1, 0.15) is 17.2 Å². The molecule has 1 aliphatic heterocycles. The van der Waals surface area contributed by atoms with Gasteiger partial charge in [-0.05, 0) is 26.7 Å². The largest absolute Gasteiger partial charge is 0.465 e. The molecule has 0 spiro atoms. The fraction of sp³-hybridized carbons (Fsp3) is 0.643. The molecule has 19 heavy (non-hydrogen) atoms. The van der Waals surface area contributed by atoms with Crippen LogP contribution in [0, 0.1) is 6.92 Å². The van der Waals surface area contributed by atoms with Crippen LogP contribution >= 0.6 is 0 Å². The zero-order valence-electron chi connectivity index (χ0n) is 11.8. The molecule has 2 heterocycles. The van der Waals surface area contributed by atoms with E-state index in [9.17, 15) is 4.79 Å². The molecule has 104 valence electrons. The molecule has 1 aromatic rings. The van der Waals surface area contributed by atoms with Crippen molar-refractivity contribution in [1.29, 1.82) is 0 Å². The Bertz CT molecular complexity index is 462. The molecule has 1 saturated heterocycles. The van der Waals surface area contributed by atoms with Crippen molar-refractivity contribution in [3.63, 3.8) is 0 Å². The Labute approximate surface area is 114 Å². The van der Waals surface area contributed by atoms with Crippen LogP contribution in [0.15, 0.2) is 6.20 Å². The lowest BCUT2D eigenvalue weighted by Gasteiger charge is -2.29. The number of hydrogen-bond donors (Lipinski definition) is 0. The number of carbonyl (C=O) groups is 1. The van der Waals surface area contributed by atoms with Gasteiger partial charge in [0, 0.05) is 18.8 Å². The maximum absolute atomic E-state index is 11.9. The highest BCUT2D eigenvalue weighted by atomic mass is 16.5. The Balaban J connectivity index is 2.40. The number of anilines is 1. The summed E-state index contributed by atoms with van der Waals surface area (Å²) in [6.45, 7) is 4.96. The van der Waals surface area contributed by atoms with Gasteiger partial charge in [-0.25, -0.2) is 14.8 Å². The molecule has 2 rings (SSSR count). The van der Waals surface area contributed by atoms with Crippen molar-refractivity contribution < 1.29 is 9.53 Å². The fourth-order valence-corrected chi connectivity index (χ4v) is 2.52. The van der Waals surface area contributed by atoms with Crippen LogP contribution in [0.2, 0.25) is 0 Å². The molecule has 0 aromatic carbocycles. The highest BCUT2D eigenvalue weighted by Crippen LogP contribution is 2.25. The van der Waals surface area contributed by atoms with Gasteiger partial charge in [-0.1, -0.05) is 12.8 Å². The van der Waals surface area contributed by atoms with Crippen LogP contribution in [0.1, 0.15) is 48.8 Å². The summed E-state index contributed by atoms with van der Waals surface area (Å²) in [5.74, 6) is 1.03. The molecule has 0 radical (unpaired) electrons. The maximum Gasteiger partial charge on any atom is 0.343 e. The number of hydrogen-bond acceptors (Lipinski definition) is 5. The van der Waals surface area contributed by atoms with Crippen molar-refractivity contribution in [2.75, 3.05) is 18.6 Å². The van der Waals surface area contributed by atoms with Gasteiger partial charge in [-0.3, -0.25) is 0 Å². The molecular weight excluding hydrogens is 242 g/mol. The highest BCUT2D eigenvalue weighted by Gasteiger charge is 2.24. The minimum atomic E-state index is -0.369. The van der Waals surface area contributed by atoms with E-state index in [1.807, 2.05) is 6.92 Å². The first-order chi connectivity index (χ1) is 9.13. The predicted octanol–water partition coefficient (Wildman–Crippen LogP) is 2.34. The molecule has 0 saturated carbocycles. The van der Waals surface area contributed by atoms with Gasteiger partial charge in [0.15, 0.2) is 0 Å². The monoisotopic (exact) mass is 263 g/mol. The third kappa shape index (κ3) is 3.03. The number of rotatable bonds is 2. The molecule has 1 unspecified atom stereocenters. The smallest absolute Gasteiger partial charge is 0.343 e. The van der Waals surface area contributed by atoms with Crippen molar-refractivity contribution >= 4 is 11.8 Å². The van der Waals surface area contributed by atoms with Crippen molar-refractivity contribution in [3.8, 4) is 0 Å². The van der Waals surface area contributed by atoms with Crippen LogP contribution in [0.4, 0.5) is 5.82 Å². The van der Waals surface area contributed by atoms with Gasteiger partial charge in [-0.15, -0.1) is 0 Å². The Kier molecular flexibility index (Phi) is 4.35. The van der Waals surface area contributed by atoms with Gasteiger partial charge in [0.2, 0.25) is 0 Å². The Morgan fingerprint density at radius 1 is 1.42 bits per heavy atom. The molecule has 1 aromatic heterocycles. The third-order valence-electron chi connectivity index (χ3n) is 3.62. The van der Waals surface area contributed by atoms with Gasteiger partial charge in [0.25, 0.3) is 0 Å². The van der Waals surface area contributed by atoms with Gasteiger partial charge in [0.05, 0.1) is 7.11 Å². The molecule has 5 nitrogen and oxygen atoms in total. The summed E-state index contributed by atoms with van der Waals surface area (Å²) in [6.07, 6.45) is 6.30. The predicted molar refractivity (Wildman–Crippen MR) is 73.4 cm³/mol. The summed E-state index contributed by atoms with van der Waals surface area (Å²) in [4.78, 5) is 22.7. The molecule has 1 aliphatic rings. The standard InChI is InChI=1S/C14H21N3O2/c1-10-7-5-4-6-8-17(10)13-12(14(18)19-3)9-15-11(2)16-13/h9-10H,4-8H2,1-3H3. The third-order valence-corrected chi connectivity index (χ3v) is 3.62. The Hall–Kier alpha value is -1.65. The Morgan fingerprint density at radius 2 is 2.21 bits per heavy atom. The summed E-state index contributed by atoms with van der Waals surface area (Å²) >= 11 is 0. The zero-order chi connectivity index (χ0) is 13.8. The minimum Gasteiger partial charge on any atom is -0.465 e. The number of esters is 1. The first-order valence-corrected chi connectivity index (χ1v) is 6.82. The van der Waals surface area contributed by atoms with Gasteiger partial charge >= 0.3 is 5.97 Å². The van der Waals surface area contributed by atoms with E-state index in [0.29, 0.717) is 23.2 Å². The molecule has 0 aliphatic carbocycles. The Morgan fingerprint density at radius 3 is 2.95 bits per heavy atom. The van der Waals surface area contributed by atoms with Crippen LogP contribution in [0.3, 0.4) is 0 Å². The van der Waals surface area contributed by atoms with Crippen LogP contribution < -0.4 is 4.90 Å². The van der Waals surface area contributed by atoms with Crippen molar-refractivity contribution in [3.05, 3.63) is 17.6 Å². The van der Waals surface area contributed by atoms with E-state index < -0.39 is 0 Å². The average molecular weight is 263 g/mol. The fourth-order valence-electron chi connectivity index (χ4n) is 2.52. The first kappa shape index (κ1) is 13.8. The van der Waals surface area contributed by atoms with E-state index in [0.717, 1.165) is 19.4 Å². The lowest BCUT2D eigenvalue weighted by atomic mass is 10.1. The zero-order valence-corrected chi connectivity index (χ0v) is 11.8. The molecule has 1 fully saturated rings.